The second kappa shape index (κ2) is 7.77. The van der Waals surface area contributed by atoms with Gasteiger partial charge < -0.3 is 5.73 Å². The molecule has 0 unspecified atom stereocenters. The average Bonchev–Trinajstić information content (AvgIpc) is 2.31. The van der Waals surface area contributed by atoms with E-state index in [1.54, 1.807) is 6.21 Å². The summed E-state index contributed by atoms with van der Waals surface area (Å²) < 4.78 is 0. The number of hydrazone groups is 1. The molecule has 0 radical (unpaired) electrons. The van der Waals surface area contributed by atoms with Crippen LogP contribution in [0.15, 0.2) is 28.4 Å². The van der Waals surface area contributed by atoms with E-state index in [0.29, 0.717) is 11.8 Å². The molecule has 4 nitrogen and oxygen atoms in total. The standard InChI is InChI=1S/C15H25N3O/c1-11(2)5-4-6-13-7-8-14(12(3)9-13)10-17-18-15(16)19/h5,7,10,12,14H,4,6,8-9H2,1-3H3,(H3,16,18,19)/b17-10-/t12-,14-/m1/s1. The summed E-state index contributed by atoms with van der Waals surface area (Å²) in [5.74, 6) is 0.948. The lowest BCUT2D eigenvalue weighted by molar-refractivity contribution is 0.249. The summed E-state index contributed by atoms with van der Waals surface area (Å²) in [6, 6.07) is -0.613. The van der Waals surface area contributed by atoms with Gasteiger partial charge in [0, 0.05) is 12.1 Å². The fraction of sp³-hybridized carbons (Fsp3) is 0.600. The molecule has 19 heavy (non-hydrogen) atoms. The van der Waals surface area contributed by atoms with Gasteiger partial charge >= 0.3 is 6.03 Å². The fourth-order valence-corrected chi connectivity index (χ4v) is 2.34. The second-order valence-electron chi connectivity index (χ2n) is 5.52. The van der Waals surface area contributed by atoms with E-state index >= 15 is 0 Å². The molecule has 0 saturated carbocycles. The SMILES string of the molecule is CC(C)=CCCC1=CC[C@H](/C=N\NC(N)=O)[C@H](C)C1. The Bertz CT molecular complexity index is 392. The lowest BCUT2D eigenvalue weighted by atomic mass is 9.80. The molecule has 0 aromatic rings. The number of nitrogens with one attached hydrogen (secondary N) is 1. The van der Waals surface area contributed by atoms with Crippen molar-refractivity contribution in [2.24, 2.45) is 22.7 Å². The van der Waals surface area contributed by atoms with Crippen LogP contribution < -0.4 is 11.2 Å². The third kappa shape index (κ3) is 6.22. The summed E-state index contributed by atoms with van der Waals surface area (Å²) in [5, 5.41) is 3.87. The Hall–Kier alpha value is -1.58. The number of rotatable bonds is 5. The van der Waals surface area contributed by atoms with Crippen molar-refractivity contribution in [3.8, 4) is 0 Å². The van der Waals surface area contributed by atoms with Gasteiger partial charge in [-0.1, -0.05) is 30.2 Å². The summed E-state index contributed by atoms with van der Waals surface area (Å²) in [5.41, 5.74) is 10.1. The molecular weight excluding hydrogens is 238 g/mol. The normalized spacial score (nSPS) is 23.0. The van der Waals surface area contributed by atoms with Crippen molar-refractivity contribution in [1.29, 1.82) is 0 Å². The number of hydrogen-bond acceptors (Lipinski definition) is 2. The summed E-state index contributed by atoms with van der Waals surface area (Å²) in [4.78, 5) is 10.5. The average molecular weight is 263 g/mol. The van der Waals surface area contributed by atoms with Crippen LogP contribution in [0.2, 0.25) is 0 Å². The Balaban J connectivity index is 2.43. The highest BCUT2D eigenvalue weighted by Gasteiger charge is 2.20. The molecule has 3 N–H and O–H groups in total. The molecule has 0 saturated heterocycles. The van der Waals surface area contributed by atoms with Gasteiger partial charge in [-0.15, -0.1) is 0 Å². The van der Waals surface area contributed by atoms with Crippen LogP contribution in [-0.4, -0.2) is 12.2 Å². The second-order valence-corrected chi connectivity index (χ2v) is 5.52. The van der Waals surface area contributed by atoms with E-state index in [1.165, 1.54) is 11.1 Å². The first-order valence-corrected chi connectivity index (χ1v) is 6.89. The highest BCUT2D eigenvalue weighted by molar-refractivity contribution is 5.73. The number of carbonyl (C=O) groups excluding carboxylic acids is 1. The summed E-state index contributed by atoms with van der Waals surface area (Å²) >= 11 is 0. The number of allylic oxidation sites excluding steroid dienone is 4. The zero-order valence-corrected chi connectivity index (χ0v) is 12.1. The van der Waals surface area contributed by atoms with Crippen LogP contribution >= 0.6 is 0 Å². The molecular formula is C15H25N3O. The molecule has 0 aliphatic heterocycles. The van der Waals surface area contributed by atoms with Gasteiger partial charge in [-0.25, -0.2) is 10.2 Å². The lowest BCUT2D eigenvalue weighted by Crippen LogP contribution is -2.26. The van der Waals surface area contributed by atoms with E-state index in [9.17, 15) is 4.79 Å². The van der Waals surface area contributed by atoms with Crippen LogP contribution in [0, 0.1) is 11.8 Å². The summed E-state index contributed by atoms with van der Waals surface area (Å²) in [7, 11) is 0. The minimum absolute atomic E-state index is 0.388. The molecule has 1 rings (SSSR count). The number of urea groups is 1. The van der Waals surface area contributed by atoms with E-state index < -0.39 is 6.03 Å². The van der Waals surface area contributed by atoms with Crippen molar-refractivity contribution in [2.75, 3.05) is 0 Å². The van der Waals surface area contributed by atoms with Gasteiger partial charge in [-0.05, 0) is 45.4 Å². The molecule has 106 valence electrons. The van der Waals surface area contributed by atoms with Gasteiger partial charge in [0.25, 0.3) is 0 Å². The molecule has 1 aliphatic rings. The van der Waals surface area contributed by atoms with E-state index in [4.69, 9.17) is 5.73 Å². The van der Waals surface area contributed by atoms with Crippen molar-refractivity contribution >= 4 is 12.2 Å². The fourth-order valence-electron chi connectivity index (χ4n) is 2.34. The summed E-state index contributed by atoms with van der Waals surface area (Å²) in [6.45, 7) is 6.50. The third-order valence-corrected chi connectivity index (χ3v) is 3.45. The quantitative estimate of drug-likeness (QED) is 0.446. The number of nitrogens with zero attached hydrogens (tertiary/aromatic N) is 1. The maximum absolute atomic E-state index is 10.5. The van der Waals surface area contributed by atoms with Crippen molar-refractivity contribution in [3.63, 3.8) is 0 Å². The van der Waals surface area contributed by atoms with Gasteiger partial charge in [0.1, 0.15) is 0 Å². The van der Waals surface area contributed by atoms with E-state index in [0.717, 1.165) is 25.7 Å². The molecule has 0 bridgehead atoms. The highest BCUT2D eigenvalue weighted by Crippen LogP contribution is 2.30. The van der Waals surface area contributed by atoms with Crippen LogP contribution in [0.4, 0.5) is 4.79 Å². The van der Waals surface area contributed by atoms with E-state index in [2.05, 4.69) is 43.5 Å². The van der Waals surface area contributed by atoms with Gasteiger partial charge in [0.05, 0.1) is 0 Å². The Morgan fingerprint density at radius 1 is 1.58 bits per heavy atom. The third-order valence-electron chi connectivity index (χ3n) is 3.45. The number of primary amides is 1. The predicted molar refractivity (Wildman–Crippen MR) is 79.8 cm³/mol. The predicted octanol–water partition coefficient (Wildman–Crippen LogP) is 3.36. The Morgan fingerprint density at radius 3 is 2.89 bits per heavy atom. The topological polar surface area (TPSA) is 67.5 Å². The molecule has 1 aliphatic carbocycles. The summed E-state index contributed by atoms with van der Waals surface area (Å²) in [6.07, 6.45) is 10.8. The first-order valence-electron chi connectivity index (χ1n) is 6.89. The molecule has 0 heterocycles. The van der Waals surface area contributed by atoms with Crippen LogP contribution in [0.1, 0.15) is 46.5 Å². The number of hydrogen-bond donors (Lipinski definition) is 2. The maximum atomic E-state index is 10.5. The minimum Gasteiger partial charge on any atom is -0.350 e. The van der Waals surface area contributed by atoms with Crippen molar-refractivity contribution < 1.29 is 4.79 Å². The monoisotopic (exact) mass is 263 g/mol. The molecule has 0 spiro atoms. The van der Waals surface area contributed by atoms with Crippen molar-refractivity contribution in [2.45, 2.75) is 46.5 Å². The Labute approximate surface area is 115 Å². The molecule has 2 amide bonds. The number of amides is 2. The van der Waals surface area contributed by atoms with Gasteiger partial charge in [-0.2, -0.15) is 5.10 Å². The number of carbonyl (C=O) groups is 1. The maximum Gasteiger partial charge on any atom is 0.332 e. The van der Waals surface area contributed by atoms with Gasteiger partial charge in [0.15, 0.2) is 0 Å². The van der Waals surface area contributed by atoms with Crippen LogP contribution in [0.5, 0.6) is 0 Å². The molecule has 2 atom stereocenters. The lowest BCUT2D eigenvalue weighted by Gasteiger charge is -2.25. The van der Waals surface area contributed by atoms with Crippen molar-refractivity contribution in [1.82, 2.24) is 5.43 Å². The Morgan fingerprint density at radius 2 is 2.32 bits per heavy atom. The van der Waals surface area contributed by atoms with Gasteiger partial charge in [0.2, 0.25) is 0 Å². The van der Waals surface area contributed by atoms with E-state index in [-0.39, 0.29) is 0 Å². The first-order chi connectivity index (χ1) is 8.99. The zero-order chi connectivity index (χ0) is 14.3. The largest absolute Gasteiger partial charge is 0.350 e. The molecule has 0 fully saturated rings. The molecule has 0 aromatic heterocycles. The smallest absolute Gasteiger partial charge is 0.332 e. The zero-order valence-electron chi connectivity index (χ0n) is 12.1. The van der Waals surface area contributed by atoms with E-state index in [1.807, 2.05) is 0 Å². The molecule has 0 aromatic carbocycles. The van der Waals surface area contributed by atoms with Crippen LogP contribution in [0.25, 0.3) is 0 Å². The van der Waals surface area contributed by atoms with Gasteiger partial charge in [-0.3, -0.25) is 0 Å². The highest BCUT2D eigenvalue weighted by atomic mass is 16.2. The van der Waals surface area contributed by atoms with Crippen molar-refractivity contribution in [3.05, 3.63) is 23.3 Å². The van der Waals surface area contributed by atoms with Crippen LogP contribution in [0.3, 0.4) is 0 Å². The molecule has 4 heteroatoms. The first kappa shape index (κ1) is 15.5. The minimum atomic E-state index is -0.613. The Kier molecular flexibility index (Phi) is 6.33. The van der Waals surface area contributed by atoms with Crippen LogP contribution in [-0.2, 0) is 0 Å². The number of nitrogens with two attached hydrogens (primary N) is 1.